The Morgan fingerprint density at radius 2 is 1.56 bits per heavy atom. The van der Waals surface area contributed by atoms with Crippen molar-refractivity contribution in [1.82, 2.24) is 4.98 Å². The van der Waals surface area contributed by atoms with Crippen molar-refractivity contribution in [2.45, 2.75) is 26.2 Å². The first-order valence-corrected chi connectivity index (χ1v) is 11.0. The van der Waals surface area contributed by atoms with Crippen LogP contribution in [0.25, 0.3) is 0 Å². The molecule has 0 aliphatic carbocycles. The van der Waals surface area contributed by atoms with E-state index in [1.807, 2.05) is 48.5 Å². The second-order valence-corrected chi connectivity index (χ2v) is 8.38. The number of methoxy groups -OCH3 is 1. The number of rotatable bonds is 8. The largest absolute Gasteiger partial charge is 0.453 e. The zero-order valence-corrected chi connectivity index (χ0v) is 20.4. The van der Waals surface area contributed by atoms with E-state index < -0.39 is 6.09 Å². The normalized spacial score (nSPS) is 10.1. The highest BCUT2D eigenvalue weighted by Gasteiger charge is 2.13. The van der Waals surface area contributed by atoms with E-state index >= 15 is 0 Å². The number of amides is 2. The number of anilines is 3. The molecular formula is C23H27ClN6O3S. The predicted molar refractivity (Wildman–Crippen MR) is 138 cm³/mol. The zero-order valence-electron chi connectivity index (χ0n) is 18.8. The maximum Gasteiger partial charge on any atom is 0.411 e. The summed E-state index contributed by atoms with van der Waals surface area (Å²) < 4.78 is 4.61. The number of aryl methyl sites for hydroxylation is 2. The van der Waals surface area contributed by atoms with Gasteiger partial charge in [0, 0.05) is 29.6 Å². The minimum absolute atomic E-state index is 0. The fourth-order valence-corrected chi connectivity index (χ4v) is 4.24. The SMILES string of the molecule is COC(=O)Nc1ccc(Cc2sc(NC(C)=O)nc2CCc2ccc(NC(=N)N)cc2)cc1.Cl. The Balaban J connectivity index is 0.00000408. The van der Waals surface area contributed by atoms with E-state index in [9.17, 15) is 9.59 Å². The number of nitrogens with zero attached hydrogens (tertiary/aromatic N) is 1. The molecule has 0 fully saturated rings. The number of halogens is 1. The average molecular weight is 503 g/mol. The molecule has 180 valence electrons. The van der Waals surface area contributed by atoms with Crippen LogP contribution in [0.1, 0.15) is 28.6 Å². The van der Waals surface area contributed by atoms with Crippen molar-refractivity contribution in [3.8, 4) is 0 Å². The fourth-order valence-electron chi connectivity index (χ4n) is 3.15. The lowest BCUT2D eigenvalue weighted by atomic mass is 10.0. The number of nitrogens with two attached hydrogens (primary N) is 1. The molecule has 0 saturated heterocycles. The lowest BCUT2D eigenvalue weighted by Crippen LogP contribution is -2.20. The molecule has 34 heavy (non-hydrogen) atoms. The summed E-state index contributed by atoms with van der Waals surface area (Å²) in [6.45, 7) is 1.46. The van der Waals surface area contributed by atoms with E-state index in [1.54, 1.807) is 0 Å². The van der Waals surface area contributed by atoms with Crippen LogP contribution in [0.4, 0.5) is 21.3 Å². The summed E-state index contributed by atoms with van der Waals surface area (Å²) in [7, 11) is 1.32. The monoisotopic (exact) mass is 502 g/mol. The van der Waals surface area contributed by atoms with E-state index in [1.165, 1.54) is 25.4 Å². The highest BCUT2D eigenvalue weighted by Crippen LogP contribution is 2.27. The van der Waals surface area contributed by atoms with Gasteiger partial charge in [0.25, 0.3) is 0 Å². The summed E-state index contributed by atoms with van der Waals surface area (Å²) in [5, 5.41) is 16.1. The van der Waals surface area contributed by atoms with Gasteiger partial charge in [-0.25, -0.2) is 9.78 Å². The van der Waals surface area contributed by atoms with Crippen molar-refractivity contribution in [3.05, 3.63) is 70.2 Å². The van der Waals surface area contributed by atoms with Gasteiger partial charge in [-0.1, -0.05) is 24.3 Å². The molecule has 1 aromatic heterocycles. The van der Waals surface area contributed by atoms with Crippen LogP contribution < -0.4 is 21.7 Å². The molecule has 11 heteroatoms. The Labute approximate surface area is 208 Å². The van der Waals surface area contributed by atoms with Gasteiger partial charge in [-0.15, -0.1) is 23.7 Å². The third-order valence-electron chi connectivity index (χ3n) is 4.70. The van der Waals surface area contributed by atoms with E-state index in [4.69, 9.17) is 11.1 Å². The topological polar surface area (TPSA) is 142 Å². The molecule has 2 aromatic carbocycles. The van der Waals surface area contributed by atoms with Crippen LogP contribution in [0.15, 0.2) is 48.5 Å². The number of guanidine groups is 1. The Hall–Kier alpha value is -3.63. The lowest BCUT2D eigenvalue weighted by molar-refractivity contribution is -0.114. The van der Waals surface area contributed by atoms with E-state index in [-0.39, 0.29) is 24.3 Å². The first-order chi connectivity index (χ1) is 15.8. The summed E-state index contributed by atoms with van der Waals surface area (Å²) in [6, 6.07) is 15.2. The maximum atomic E-state index is 11.5. The summed E-state index contributed by atoms with van der Waals surface area (Å²) in [6.07, 6.45) is 1.63. The summed E-state index contributed by atoms with van der Waals surface area (Å²) in [5.74, 6) is -0.261. The molecule has 0 unspecified atom stereocenters. The first-order valence-electron chi connectivity index (χ1n) is 10.2. The number of benzene rings is 2. The van der Waals surface area contributed by atoms with Gasteiger partial charge in [0.05, 0.1) is 12.8 Å². The number of ether oxygens (including phenoxy) is 1. The quantitative estimate of drug-likeness (QED) is 0.228. The Bertz CT molecular complexity index is 1130. The van der Waals surface area contributed by atoms with Crippen molar-refractivity contribution >= 4 is 58.2 Å². The van der Waals surface area contributed by atoms with Crippen LogP contribution in [0, 0.1) is 5.41 Å². The Morgan fingerprint density at radius 3 is 2.12 bits per heavy atom. The van der Waals surface area contributed by atoms with Gasteiger partial charge in [0.2, 0.25) is 5.91 Å². The molecular weight excluding hydrogens is 476 g/mol. The van der Waals surface area contributed by atoms with Gasteiger partial charge in [0.15, 0.2) is 11.1 Å². The van der Waals surface area contributed by atoms with Crippen molar-refractivity contribution in [1.29, 1.82) is 5.41 Å². The zero-order chi connectivity index (χ0) is 23.8. The van der Waals surface area contributed by atoms with Gasteiger partial charge in [0.1, 0.15) is 0 Å². The molecule has 0 aliphatic rings. The van der Waals surface area contributed by atoms with Crippen LogP contribution in [0.2, 0.25) is 0 Å². The molecule has 0 spiro atoms. The lowest BCUT2D eigenvalue weighted by Gasteiger charge is -2.07. The Kier molecular flexibility index (Phi) is 9.84. The number of nitrogens with one attached hydrogen (secondary N) is 4. The predicted octanol–water partition coefficient (Wildman–Crippen LogP) is 4.38. The molecule has 0 bridgehead atoms. The van der Waals surface area contributed by atoms with Gasteiger partial charge in [-0.2, -0.15) is 0 Å². The molecule has 3 rings (SSSR count). The first kappa shape index (κ1) is 26.6. The third kappa shape index (κ3) is 8.05. The molecule has 1 heterocycles. The summed E-state index contributed by atoms with van der Waals surface area (Å²) in [4.78, 5) is 28.6. The van der Waals surface area contributed by atoms with Crippen LogP contribution in [0.5, 0.6) is 0 Å². The molecule has 0 saturated carbocycles. The highest BCUT2D eigenvalue weighted by atomic mass is 35.5. The third-order valence-corrected chi connectivity index (χ3v) is 5.71. The standard InChI is InChI=1S/C23H26N6O3S.ClH/c1-14(30)26-22-29-19(12-7-15-3-8-17(9-4-15)27-21(24)25)20(33-22)13-16-5-10-18(11-6-16)28-23(31)32-2;/h3-6,8-11H,7,12-13H2,1-2H3,(H,28,31)(H4,24,25,27)(H,26,29,30);1H. The molecule has 6 N–H and O–H groups in total. The van der Waals surface area contributed by atoms with Crippen molar-refractivity contribution < 1.29 is 14.3 Å². The van der Waals surface area contributed by atoms with E-state index in [2.05, 4.69) is 25.7 Å². The van der Waals surface area contributed by atoms with E-state index in [0.717, 1.165) is 33.8 Å². The minimum atomic E-state index is -0.516. The van der Waals surface area contributed by atoms with E-state index in [0.29, 0.717) is 23.7 Å². The smallest absolute Gasteiger partial charge is 0.411 e. The minimum Gasteiger partial charge on any atom is -0.453 e. The average Bonchev–Trinajstić information content (AvgIpc) is 3.14. The highest BCUT2D eigenvalue weighted by molar-refractivity contribution is 7.15. The Morgan fingerprint density at radius 1 is 0.971 bits per heavy atom. The number of aromatic nitrogens is 1. The molecule has 3 aromatic rings. The molecule has 0 atom stereocenters. The van der Waals surface area contributed by atoms with Crippen molar-refractivity contribution in [3.63, 3.8) is 0 Å². The van der Waals surface area contributed by atoms with Crippen LogP contribution in [0.3, 0.4) is 0 Å². The molecule has 2 amide bonds. The van der Waals surface area contributed by atoms with Crippen LogP contribution in [-0.4, -0.2) is 30.1 Å². The fraction of sp³-hybridized carbons (Fsp3) is 0.217. The number of hydrogen-bond acceptors (Lipinski definition) is 6. The molecule has 9 nitrogen and oxygen atoms in total. The van der Waals surface area contributed by atoms with Gasteiger partial charge < -0.3 is 21.1 Å². The number of thiazole rings is 1. The molecule has 0 radical (unpaired) electrons. The second kappa shape index (κ2) is 12.6. The van der Waals surface area contributed by atoms with Crippen LogP contribution >= 0.6 is 23.7 Å². The number of hydrogen-bond donors (Lipinski definition) is 5. The number of carbonyl (C=O) groups excluding carboxylic acids is 2. The van der Waals surface area contributed by atoms with Crippen molar-refractivity contribution in [2.75, 3.05) is 23.1 Å². The van der Waals surface area contributed by atoms with Crippen molar-refractivity contribution in [2.24, 2.45) is 5.73 Å². The molecule has 0 aliphatic heterocycles. The summed E-state index contributed by atoms with van der Waals surface area (Å²) in [5.41, 5.74) is 9.90. The van der Waals surface area contributed by atoms with Gasteiger partial charge >= 0.3 is 6.09 Å². The van der Waals surface area contributed by atoms with Crippen LogP contribution in [-0.2, 0) is 28.8 Å². The number of carbonyl (C=O) groups is 2. The second-order valence-electron chi connectivity index (χ2n) is 7.30. The maximum absolute atomic E-state index is 11.5. The van der Waals surface area contributed by atoms with Gasteiger partial charge in [-0.05, 0) is 48.2 Å². The summed E-state index contributed by atoms with van der Waals surface area (Å²) >= 11 is 1.47. The van der Waals surface area contributed by atoms with Gasteiger partial charge in [-0.3, -0.25) is 15.5 Å².